The van der Waals surface area contributed by atoms with Crippen molar-refractivity contribution in [3.63, 3.8) is 0 Å². The zero-order valence-electron chi connectivity index (χ0n) is 14.5. The largest absolute Gasteiger partial charge is 0.379 e. The first kappa shape index (κ1) is 18.7. The fourth-order valence-electron chi connectivity index (χ4n) is 3.78. The van der Waals surface area contributed by atoms with Gasteiger partial charge in [0, 0.05) is 34.3 Å². The number of nitrogens with zero attached hydrogens (tertiary/aromatic N) is 1. The van der Waals surface area contributed by atoms with Crippen LogP contribution in [-0.2, 0) is 6.54 Å². The number of rotatable bonds is 5. The molecule has 0 radical (unpaired) electrons. The number of fused-ring (bicyclic) bond motifs is 1. The van der Waals surface area contributed by atoms with Gasteiger partial charge in [-0.05, 0) is 47.3 Å². The molecule has 7 heteroatoms. The third kappa shape index (κ3) is 3.67. The molecule has 2 atom stereocenters. The lowest BCUT2D eigenvalue weighted by atomic mass is 9.83. The van der Waals surface area contributed by atoms with Gasteiger partial charge in [0.1, 0.15) is 5.15 Å². The SMILES string of the molecule is CN[C@@H]1CCCC[C@H]1c1sc2c(NCc3cccs3)cc(Cl)nc2c1Br. The topological polar surface area (TPSA) is 37.0 Å². The molecule has 0 saturated heterocycles. The molecule has 138 valence electrons. The Hall–Kier alpha value is -0.660. The van der Waals surface area contributed by atoms with E-state index in [0.29, 0.717) is 17.1 Å². The average Bonchev–Trinajstić information content (AvgIpc) is 3.28. The van der Waals surface area contributed by atoms with Gasteiger partial charge in [0.2, 0.25) is 0 Å². The molecule has 3 aromatic rings. The Morgan fingerprint density at radius 1 is 1.35 bits per heavy atom. The van der Waals surface area contributed by atoms with Gasteiger partial charge in [0.25, 0.3) is 0 Å². The van der Waals surface area contributed by atoms with Crippen LogP contribution >= 0.6 is 50.2 Å². The van der Waals surface area contributed by atoms with E-state index in [9.17, 15) is 0 Å². The molecule has 0 aliphatic heterocycles. The maximum Gasteiger partial charge on any atom is 0.131 e. The predicted octanol–water partition coefficient (Wildman–Crippen LogP) is 6.63. The van der Waals surface area contributed by atoms with Crippen LogP contribution in [0.4, 0.5) is 5.69 Å². The molecule has 3 heterocycles. The quantitative estimate of drug-likeness (QED) is 0.411. The Kier molecular flexibility index (Phi) is 5.86. The van der Waals surface area contributed by atoms with Crippen LogP contribution in [0.1, 0.15) is 41.4 Å². The molecule has 1 fully saturated rings. The summed E-state index contributed by atoms with van der Waals surface area (Å²) in [6.45, 7) is 0.806. The van der Waals surface area contributed by atoms with Gasteiger partial charge in [0.15, 0.2) is 0 Å². The summed E-state index contributed by atoms with van der Waals surface area (Å²) < 4.78 is 2.31. The predicted molar refractivity (Wildman–Crippen MR) is 118 cm³/mol. The van der Waals surface area contributed by atoms with Gasteiger partial charge >= 0.3 is 0 Å². The van der Waals surface area contributed by atoms with Crippen LogP contribution in [-0.4, -0.2) is 18.1 Å². The molecular formula is C19H21BrClN3S2. The van der Waals surface area contributed by atoms with Crippen LogP contribution in [0.25, 0.3) is 10.2 Å². The van der Waals surface area contributed by atoms with Crippen molar-refractivity contribution in [3.8, 4) is 0 Å². The first-order chi connectivity index (χ1) is 12.7. The molecule has 0 bridgehead atoms. The second-order valence-corrected chi connectivity index (χ2v) is 9.93. The first-order valence-corrected chi connectivity index (χ1v) is 11.8. The molecule has 1 aliphatic rings. The second-order valence-electron chi connectivity index (χ2n) is 6.67. The number of hydrogen-bond donors (Lipinski definition) is 2. The Morgan fingerprint density at radius 3 is 2.96 bits per heavy atom. The van der Waals surface area contributed by atoms with Crippen molar-refractivity contribution in [3.05, 3.63) is 43.0 Å². The summed E-state index contributed by atoms with van der Waals surface area (Å²) in [5.41, 5.74) is 2.05. The second kappa shape index (κ2) is 8.15. The molecule has 3 nitrogen and oxygen atoms in total. The fraction of sp³-hybridized carbons (Fsp3) is 0.421. The number of likely N-dealkylation sites (N-methyl/N-ethyl adjacent to an activating group) is 1. The maximum atomic E-state index is 6.33. The fourth-order valence-corrected chi connectivity index (χ4v) is 6.90. The Balaban J connectivity index is 1.72. The van der Waals surface area contributed by atoms with Crippen LogP contribution in [0.3, 0.4) is 0 Å². The summed E-state index contributed by atoms with van der Waals surface area (Å²) in [5.74, 6) is 0.534. The van der Waals surface area contributed by atoms with E-state index in [0.717, 1.165) is 22.2 Å². The van der Waals surface area contributed by atoms with Crippen LogP contribution in [0.2, 0.25) is 5.15 Å². The van der Waals surface area contributed by atoms with Crippen LogP contribution < -0.4 is 10.6 Å². The lowest BCUT2D eigenvalue weighted by Crippen LogP contribution is -2.34. The van der Waals surface area contributed by atoms with Crippen molar-refractivity contribution >= 4 is 66.1 Å². The van der Waals surface area contributed by atoms with E-state index in [-0.39, 0.29) is 0 Å². The van der Waals surface area contributed by atoms with Crippen LogP contribution in [0.5, 0.6) is 0 Å². The number of aromatic nitrogens is 1. The normalized spacial score (nSPS) is 20.6. The standard InChI is InChI=1S/C19H21BrClN3S2/c1-22-13-7-3-2-6-12(13)18-16(20)17-19(26-18)14(9-15(21)24-17)23-10-11-5-4-8-25-11/h4-5,8-9,12-13,22H,2-3,6-7,10H2,1H3,(H,23,24)/t12-,13-/m1/s1. The summed E-state index contributed by atoms with van der Waals surface area (Å²) in [4.78, 5) is 7.32. The average molecular weight is 471 g/mol. The van der Waals surface area contributed by atoms with Crippen LogP contribution in [0.15, 0.2) is 28.1 Å². The lowest BCUT2D eigenvalue weighted by molar-refractivity contribution is 0.347. The van der Waals surface area contributed by atoms with Crippen LogP contribution in [0, 0.1) is 0 Å². The minimum Gasteiger partial charge on any atom is -0.379 e. The van der Waals surface area contributed by atoms with Crippen molar-refractivity contribution in [1.29, 1.82) is 0 Å². The monoisotopic (exact) mass is 469 g/mol. The van der Waals surface area contributed by atoms with Gasteiger partial charge in [0.05, 0.1) is 20.4 Å². The lowest BCUT2D eigenvalue weighted by Gasteiger charge is -2.30. The summed E-state index contributed by atoms with van der Waals surface area (Å²) >= 11 is 13.8. The van der Waals surface area contributed by atoms with Crippen molar-refractivity contribution in [2.75, 3.05) is 12.4 Å². The zero-order chi connectivity index (χ0) is 18.1. The summed E-state index contributed by atoms with van der Waals surface area (Å²) in [7, 11) is 2.08. The molecule has 1 saturated carbocycles. The molecule has 0 amide bonds. The highest BCUT2D eigenvalue weighted by molar-refractivity contribution is 9.10. The number of hydrogen-bond acceptors (Lipinski definition) is 5. The first-order valence-electron chi connectivity index (χ1n) is 8.89. The molecule has 0 unspecified atom stereocenters. The van der Waals surface area contributed by atoms with Gasteiger partial charge in [-0.2, -0.15) is 0 Å². The smallest absolute Gasteiger partial charge is 0.131 e. The van der Waals surface area contributed by atoms with Crippen molar-refractivity contribution in [2.45, 2.75) is 44.2 Å². The highest BCUT2D eigenvalue weighted by Crippen LogP contribution is 2.46. The highest BCUT2D eigenvalue weighted by Gasteiger charge is 2.30. The van der Waals surface area contributed by atoms with Crippen molar-refractivity contribution in [2.24, 2.45) is 0 Å². The van der Waals surface area contributed by atoms with Gasteiger partial charge in [-0.3, -0.25) is 0 Å². The molecule has 26 heavy (non-hydrogen) atoms. The van der Waals surface area contributed by atoms with Gasteiger partial charge in [-0.15, -0.1) is 22.7 Å². The minimum absolute atomic E-state index is 0.532. The number of pyridine rings is 1. The van der Waals surface area contributed by atoms with E-state index < -0.39 is 0 Å². The maximum absolute atomic E-state index is 6.33. The van der Waals surface area contributed by atoms with Gasteiger partial charge < -0.3 is 10.6 Å². The number of nitrogens with one attached hydrogen (secondary N) is 2. The van der Waals surface area contributed by atoms with E-state index in [1.807, 2.05) is 17.4 Å². The van der Waals surface area contributed by atoms with Gasteiger partial charge in [-0.1, -0.05) is 30.5 Å². The molecule has 2 N–H and O–H groups in total. The molecule has 4 rings (SSSR count). The Bertz CT molecular complexity index is 894. The molecule has 0 spiro atoms. The van der Waals surface area contributed by atoms with Crippen molar-refractivity contribution in [1.82, 2.24) is 10.3 Å². The van der Waals surface area contributed by atoms with E-state index in [1.165, 1.54) is 40.1 Å². The Morgan fingerprint density at radius 2 is 2.19 bits per heavy atom. The van der Waals surface area contributed by atoms with E-state index in [4.69, 9.17) is 11.6 Å². The molecule has 0 aromatic carbocycles. The molecule has 1 aliphatic carbocycles. The third-order valence-electron chi connectivity index (χ3n) is 5.08. The third-order valence-corrected chi connectivity index (χ3v) is 8.56. The summed E-state index contributed by atoms with van der Waals surface area (Å²) in [5, 5.41) is 9.71. The number of anilines is 1. The number of thiophene rings is 2. The zero-order valence-corrected chi connectivity index (χ0v) is 18.5. The van der Waals surface area contributed by atoms with E-state index in [2.05, 4.69) is 56.1 Å². The molecular weight excluding hydrogens is 450 g/mol. The summed E-state index contributed by atoms with van der Waals surface area (Å²) in [6.07, 6.45) is 5.06. The Labute approximate surface area is 175 Å². The number of halogens is 2. The van der Waals surface area contributed by atoms with E-state index >= 15 is 0 Å². The minimum atomic E-state index is 0.532. The van der Waals surface area contributed by atoms with E-state index in [1.54, 1.807) is 11.3 Å². The molecule has 3 aromatic heterocycles. The summed E-state index contributed by atoms with van der Waals surface area (Å²) in [6, 6.07) is 6.71. The van der Waals surface area contributed by atoms with Crippen molar-refractivity contribution < 1.29 is 0 Å². The highest BCUT2D eigenvalue weighted by atomic mass is 79.9. The van der Waals surface area contributed by atoms with Gasteiger partial charge in [-0.25, -0.2) is 4.98 Å².